The highest BCUT2D eigenvalue weighted by atomic mass is 32.2. The maximum atomic E-state index is 12.9. The van der Waals surface area contributed by atoms with E-state index in [2.05, 4.69) is 14.4 Å². The molecule has 0 spiro atoms. The van der Waals surface area contributed by atoms with Crippen molar-refractivity contribution >= 4 is 43.2 Å². The largest absolute Gasteiger partial charge is 0.495 e. The molecule has 0 saturated heterocycles. The molecule has 0 saturated carbocycles. The predicted octanol–water partition coefficient (Wildman–Crippen LogP) is 4.04. The lowest BCUT2D eigenvalue weighted by Crippen LogP contribution is -2.24. The van der Waals surface area contributed by atoms with E-state index < -0.39 is 15.9 Å². The summed E-state index contributed by atoms with van der Waals surface area (Å²) in [7, 11) is -2.53. The summed E-state index contributed by atoms with van der Waals surface area (Å²) in [6, 6.07) is 18.9. The molecule has 0 fully saturated rings. The smallest absolute Gasteiger partial charge is 0.255 e. The van der Waals surface area contributed by atoms with Crippen LogP contribution in [0.1, 0.15) is 15.9 Å². The third kappa shape index (κ3) is 4.74. The van der Waals surface area contributed by atoms with E-state index in [4.69, 9.17) is 4.74 Å². The van der Waals surface area contributed by atoms with Crippen LogP contribution in [0.15, 0.2) is 77.8 Å². The lowest BCUT2D eigenvalue weighted by molar-refractivity contribution is 0.102. The minimum absolute atomic E-state index is 0.101. The molecule has 3 aromatic carbocycles. The van der Waals surface area contributed by atoms with Crippen LogP contribution in [0.3, 0.4) is 0 Å². The zero-order valence-corrected chi connectivity index (χ0v) is 18.2. The van der Waals surface area contributed by atoms with Crippen LogP contribution in [-0.4, -0.2) is 25.8 Å². The van der Waals surface area contributed by atoms with E-state index >= 15 is 0 Å². The number of benzene rings is 3. The van der Waals surface area contributed by atoms with Gasteiger partial charge in [0.05, 0.1) is 11.8 Å². The van der Waals surface area contributed by atoms with Gasteiger partial charge in [0.1, 0.15) is 10.6 Å². The predicted molar refractivity (Wildman–Crippen MR) is 121 cm³/mol. The van der Waals surface area contributed by atoms with E-state index in [1.807, 2.05) is 42.5 Å². The average Bonchev–Trinajstić information content (AvgIpc) is 3.26. The van der Waals surface area contributed by atoms with Crippen molar-refractivity contribution in [1.29, 1.82) is 0 Å². The summed E-state index contributed by atoms with van der Waals surface area (Å²) < 4.78 is 38.7. The fraction of sp³-hybridized carbons (Fsp3) is 0.0909. The van der Waals surface area contributed by atoms with Gasteiger partial charge in [0.15, 0.2) is 0 Å². The van der Waals surface area contributed by atoms with Crippen molar-refractivity contribution in [2.24, 2.45) is 0 Å². The van der Waals surface area contributed by atoms with Crippen molar-refractivity contribution in [2.75, 3.05) is 12.4 Å². The van der Waals surface area contributed by atoms with Gasteiger partial charge in [-0.15, -0.1) is 0 Å². The summed E-state index contributed by atoms with van der Waals surface area (Å²) in [5.74, 6) is -0.271. The molecule has 7 nitrogen and oxygen atoms in total. The SMILES string of the molecule is COc1ccc(C(=O)Nc2ccc3sncc3c2)cc1S(=O)(=O)NCc1ccccc1. The van der Waals surface area contributed by atoms with Crippen LogP contribution in [0.4, 0.5) is 5.69 Å². The maximum absolute atomic E-state index is 12.9. The van der Waals surface area contributed by atoms with Crippen LogP contribution in [0.2, 0.25) is 0 Å². The van der Waals surface area contributed by atoms with Crippen LogP contribution in [0, 0.1) is 0 Å². The van der Waals surface area contributed by atoms with Crippen LogP contribution in [0.5, 0.6) is 5.75 Å². The van der Waals surface area contributed by atoms with Crippen molar-refractivity contribution in [1.82, 2.24) is 9.10 Å². The van der Waals surface area contributed by atoms with Crippen molar-refractivity contribution < 1.29 is 17.9 Å². The number of anilines is 1. The number of hydrogen-bond donors (Lipinski definition) is 2. The fourth-order valence-electron chi connectivity index (χ4n) is 3.03. The van der Waals surface area contributed by atoms with Crippen LogP contribution < -0.4 is 14.8 Å². The molecule has 158 valence electrons. The van der Waals surface area contributed by atoms with Crippen molar-refractivity contribution in [3.8, 4) is 5.75 Å². The molecule has 0 atom stereocenters. The highest BCUT2D eigenvalue weighted by Gasteiger charge is 2.21. The van der Waals surface area contributed by atoms with Crippen LogP contribution in [-0.2, 0) is 16.6 Å². The molecule has 1 heterocycles. The van der Waals surface area contributed by atoms with Crippen LogP contribution >= 0.6 is 11.5 Å². The standard InChI is InChI=1S/C22H19N3O4S2/c1-29-19-9-7-16(22(26)25-18-8-10-20-17(11-18)14-23-30-20)12-21(19)31(27,28)24-13-15-5-3-2-4-6-15/h2-12,14,24H,13H2,1H3,(H,25,26). The molecule has 9 heteroatoms. The van der Waals surface area contributed by atoms with Gasteiger partial charge in [0.2, 0.25) is 10.0 Å². The first-order valence-electron chi connectivity index (χ1n) is 9.34. The number of fused-ring (bicyclic) bond motifs is 1. The molecule has 1 amide bonds. The summed E-state index contributed by atoms with van der Waals surface area (Å²) in [4.78, 5) is 12.7. The second-order valence-electron chi connectivity index (χ2n) is 6.71. The summed E-state index contributed by atoms with van der Waals surface area (Å²) in [6.45, 7) is 0.122. The van der Waals surface area contributed by atoms with Gasteiger partial charge in [-0.2, -0.15) is 4.37 Å². The molecule has 0 unspecified atom stereocenters. The second-order valence-corrected chi connectivity index (χ2v) is 9.28. The molecule has 0 aliphatic heterocycles. The Morgan fingerprint density at radius 1 is 1.06 bits per heavy atom. The van der Waals surface area contributed by atoms with Gasteiger partial charge in [0.25, 0.3) is 5.91 Å². The molecule has 0 aliphatic rings. The summed E-state index contributed by atoms with van der Waals surface area (Å²) in [5.41, 5.74) is 1.61. The summed E-state index contributed by atoms with van der Waals surface area (Å²) in [6.07, 6.45) is 1.73. The minimum atomic E-state index is -3.91. The first-order valence-corrected chi connectivity index (χ1v) is 11.6. The number of carbonyl (C=O) groups is 1. The number of carbonyl (C=O) groups excluding carboxylic acids is 1. The summed E-state index contributed by atoms with van der Waals surface area (Å²) >= 11 is 1.37. The van der Waals surface area contributed by atoms with Gasteiger partial charge in [0, 0.05) is 29.4 Å². The van der Waals surface area contributed by atoms with E-state index in [0.29, 0.717) is 5.69 Å². The first-order chi connectivity index (χ1) is 15.0. The van der Waals surface area contributed by atoms with Crippen molar-refractivity contribution in [3.05, 3.63) is 84.1 Å². The molecule has 0 bridgehead atoms. The van der Waals surface area contributed by atoms with E-state index in [1.165, 1.54) is 36.8 Å². The molecule has 4 rings (SSSR count). The molecule has 1 aromatic heterocycles. The monoisotopic (exact) mass is 453 g/mol. The summed E-state index contributed by atoms with van der Waals surface area (Å²) in [5, 5.41) is 3.72. The third-order valence-corrected chi connectivity index (χ3v) is 6.84. The number of hydrogen-bond acceptors (Lipinski definition) is 6. The number of aromatic nitrogens is 1. The van der Waals surface area contributed by atoms with Gasteiger partial charge in [-0.25, -0.2) is 13.1 Å². The fourth-order valence-corrected chi connectivity index (χ4v) is 4.87. The first kappa shape index (κ1) is 21.0. The van der Waals surface area contributed by atoms with E-state index in [9.17, 15) is 13.2 Å². The molecular formula is C22H19N3O4S2. The quantitative estimate of drug-likeness (QED) is 0.440. The minimum Gasteiger partial charge on any atom is -0.495 e. The number of ether oxygens (including phenoxy) is 1. The van der Waals surface area contributed by atoms with E-state index in [1.54, 1.807) is 12.3 Å². The highest BCUT2D eigenvalue weighted by molar-refractivity contribution is 7.89. The Labute approximate surface area is 183 Å². The molecular weight excluding hydrogens is 434 g/mol. The van der Waals surface area contributed by atoms with Gasteiger partial charge in [-0.1, -0.05) is 30.3 Å². The normalized spacial score (nSPS) is 11.4. The Morgan fingerprint density at radius 2 is 1.87 bits per heavy atom. The van der Waals surface area contributed by atoms with Gasteiger partial charge in [-0.05, 0) is 53.5 Å². The molecule has 31 heavy (non-hydrogen) atoms. The van der Waals surface area contributed by atoms with E-state index in [-0.39, 0.29) is 22.8 Å². The Bertz CT molecular complexity index is 1340. The number of rotatable bonds is 7. The number of amides is 1. The van der Waals surface area contributed by atoms with E-state index in [0.717, 1.165) is 15.6 Å². The molecule has 4 aromatic rings. The number of sulfonamides is 1. The van der Waals surface area contributed by atoms with Gasteiger partial charge in [-0.3, -0.25) is 4.79 Å². The van der Waals surface area contributed by atoms with Crippen molar-refractivity contribution in [2.45, 2.75) is 11.4 Å². The molecule has 0 radical (unpaired) electrons. The van der Waals surface area contributed by atoms with Crippen molar-refractivity contribution in [3.63, 3.8) is 0 Å². The zero-order chi connectivity index (χ0) is 21.8. The zero-order valence-electron chi connectivity index (χ0n) is 16.5. The number of nitrogens with zero attached hydrogens (tertiary/aromatic N) is 1. The molecule has 0 aliphatic carbocycles. The van der Waals surface area contributed by atoms with Gasteiger partial charge < -0.3 is 10.1 Å². The maximum Gasteiger partial charge on any atom is 0.255 e. The lowest BCUT2D eigenvalue weighted by atomic mass is 10.2. The second kappa shape index (κ2) is 8.84. The van der Waals surface area contributed by atoms with Gasteiger partial charge >= 0.3 is 0 Å². The highest BCUT2D eigenvalue weighted by Crippen LogP contribution is 2.26. The average molecular weight is 454 g/mol. The molecule has 2 N–H and O–H groups in total. The number of methoxy groups -OCH3 is 1. The lowest BCUT2D eigenvalue weighted by Gasteiger charge is -2.13. The van der Waals surface area contributed by atoms with Crippen LogP contribution in [0.25, 0.3) is 10.1 Å². The Hall–Kier alpha value is -3.27. The number of nitrogens with one attached hydrogen (secondary N) is 2. The Morgan fingerprint density at radius 3 is 2.65 bits per heavy atom. The Kier molecular flexibility index (Phi) is 5.99. The Balaban J connectivity index is 1.57. The third-order valence-electron chi connectivity index (χ3n) is 4.63. The topological polar surface area (TPSA) is 97.4 Å².